The van der Waals surface area contributed by atoms with Crippen LogP contribution in [0.25, 0.3) is 0 Å². The lowest BCUT2D eigenvalue weighted by Gasteiger charge is -2.34. The Morgan fingerprint density at radius 1 is 1.33 bits per heavy atom. The molecule has 0 spiro atoms. The van der Waals surface area contributed by atoms with Gasteiger partial charge in [0.15, 0.2) is 0 Å². The Hall–Kier alpha value is -1.00. The molecule has 4 heteroatoms. The fourth-order valence-electron chi connectivity index (χ4n) is 2.17. The van der Waals surface area contributed by atoms with Gasteiger partial charge in [0.25, 0.3) is 6.43 Å². The molecule has 2 rings (SSSR count). The second-order valence-corrected chi connectivity index (χ2v) is 5.11. The van der Waals surface area contributed by atoms with Gasteiger partial charge in [0.1, 0.15) is 0 Å². The van der Waals surface area contributed by atoms with Crippen LogP contribution < -0.4 is 5.32 Å². The van der Waals surface area contributed by atoms with Crippen molar-refractivity contribution in [1.82, 2.24) is 5.32 Å². The van der Waals surface area contributed by atoms with Gasteiger partial charge in [0.05, 0.1) is 6.61 Å². The second-order valence-electron chi connectivity index (χ2n) is 5.11. The minimum Gasteiger partial charge on any atom is -0.380 e. The normalized spacial score (nSPS) is 24.4. The van der Waals surface area contributed by atoms with Crippen LogP contribution in [0.1, 0.15) is 37.3 Å². The van der Waals surface area contributed by atoms with Crippen molar-refractivity contribution in [3.05, 3.63) is 35.4 Å². The lowest BCUT2D eigenvalue weighted by Crippen LogP contribution is -2.48. The maximum atomic E-state index is 12.4. The quantitative estimate of drug-likeness (QED) is 0.891. The van der Waals surface area contributed by atoms with Crippen LogP contribution >= 0.6 is 0 Å². The molecule has 100 valence electrons. The first-order chi connectivity index (χ1) is 8.59. The molecule has 0 amide bonds. The van der Waals surface area contributed by atoms with Crippen molar-refractivity contribution in [2.75, 3.05) is 13.2 Å². The average Bonchev–Trinajstić information content (AvgIpc) is 2.38. The highest BCUT2D eigenvalue weighted by atomic mass is 19.3. The first-order valence-corrected chi connectivity index (χ1v) is 6.29. The number of benzene rings is 1. The highest BCUT2D eigenvalue weighted by Crippen LogP contribution is 2.21. The molecule has 1 atom stereocenters. The van der Waals surface area contributed by atoms with E-state index in [1.807, 2.05) is 0 Å². The molecular formula is C14H19F2NO. The predicted molar refractivity (Wildman–Crippen MR) is 66.7 cm³/mol. The average molecular weight is 255 g/mol. The van der Waals surface area contributed by atoms with Gasteiger partial charge >= 0.3 is 0 Å². The van der Waals surface area contributed by atoms with Gasteiger partial charge in [-0.25, -0.2) is 8.78 Å². The molecule has 0 radical (unpaired) electrons. The van der Waals surface area contributed by atoms with E-state index in [2.05, 4.69) is 12.2 Å². The summed E-state index contributed by atoms with van der Waals surface area (Å²) in [5, 5.41) is 3.45. The first-order valence-electron chi connectivity index (χ1n) is 6.29. The standard InChI is InChI=1S/C14H19F2NO/c1-14(7-2-8-18-10-14)17-9-11-3-5-12(6-4-11)13(15)16/h3-6,13,17H,2,7-10H2,1H3. The lowest BCUT2D eigenvalue weighted by atomic mass is 9.94. The molecular weight excluding hydrogens is 236 g/mol. The Balaban J connectivity index is 1.89. The van der Waals surface area contributed by atoms with Gasteiger partial charge in [0.2, 0.25) is 0 Å². The van der Waals surface area contributed by atoms with E-state index in [0.29, 0.717) is 13.2 Å². The summed E-state index contributed by atoms with van der Waals surface area (Å²) in [5.41, 5.74) is 1.09. The maximum Gasteiger partial charge on any atom is 0.263 e. The van der Waals surface area contributed by atoms with E-state index in [1.54, 1.807) is 12.1 Å². The van der Waals surface area contributed by atoms with Crippen LogP contribution in [-0.4, -0.2) is 18.8 Å². The zero-order chi connectivity index (χ0) is 13.0. The van der Waals surface area contributed by atoms with E-state index in [0.717, 1.165) is 25.0 Å². The third-order valence-electron chi connectivity index (χ3n) is 3.39. The zero-order valence-corrected chi connectivity index (χ0v) is 10.6. The smallest absolute Gasteiger partial charge is 0.263 e. The highest BCUT2D eigenvalue weighted by molar-refractivity contribution is 5.23. The van der Waals surface area contributed by atoms with Crippen molar-refractivity contribution < 1.29 is 13.5 Å². The summed E-state index contributed by atoms with van der Waals surface area (Å²) >= 11 is 0. The van der Waals surface area contributed by atoms with Crippen LogP contribution in [0, 0.1) is 0 Å². The Morgan fingerprint density at radius 2 is 2.06 bits per heavy atom. The summed E-state index contributed by atoms with van der Waals surface area (Å²) in [4.78, 5) is 0. The topological polar surface area (TPSA) is 21.3 Å². The molecule has 1 N–H and O–H groups in total. The molecule has 0 bridgehead atoms. The van der Waals surface area contributed by atoms with Gasteiger partial charge in [-0.2, -0.15) is 0 Å². The molecule has 1 saturated heterocycles. The third kappa shape index (κ3) is 3.50. The lowest BCUT2D eigenvalue weighted by molar-refractivity contribution is 0.0278. The summed E-state index contributed by atoms with van der Waals surface area (Å²) < 4.78 is 30.3. The molecule has 1 aromatic rings. The van der Waals surface area contributed by atoms with Crippen LogP contribution in [0.4, 0.5) is 8.78 Å². The van der Waals surface area contributed by atoms with Gasteiger partial charge in [-0.3, -0.25) is 0 Å². The number of nitrogens with one attached hydrogen (secondary N) is 1. The number of halogens is 2. The number of rotatable bonds is 4. The fraction of sp³-hybridized carbons (Fsp3) is 0.571. The fourth-order valence-corrected chi connectivity index (χ4v) is 2.17. The van der Waals surface area contributed by atoms with Crippen LogP contribution in [0.2, 0.25) is 0 Å². The van der Waals surface area contributed by atoms with Crippen LogP contribution in [-0.2, 0) is 11.3 Å². The maximum absolute atomic E-state index is 12.4. The van der Waals surface area contributed by atoms with Gasteiger partial charge in [0, 0.05) is 24.3 Å². The van der Waals surface area contributed by atoms with Crippen molar-refractivity contribution in [3.63, 3.8) is 0 Å². The number of ether oxygens (including phenoxy) is 1. The first kappa shape index (κ1) is 13.4. The molecule has 1 aliphatic heterocycles. The number of hydrogen-bond donors (Lipinski definition) is 1. The summed E-state index contributed by atoms with van der Waals surface area (Å²) in [6, 6.07) is 6.48. The number of alkyl halides is 2. The Kier molecular flexibility index (Phi) is 4.30. The van der Waals surface area contributed by atoms with E-state index in [4.69, 9.17) is 4.74 Å². The summed E-state index contributed by atoms with van der Waals surface area (Å²) in [7, 11) is 0. The van der Waals surface area contributed by atoms with Gasteiger partial charge < -0.3 is 10.1 Å². The van der Waals surface area contributed by atoms with E-state index in [-0.39, 0.29) is 11.1 Å². The van der Waals surface area contributed by atoms with Crippen LogP contribution in [0.5, 0.6) is 0 Å². The van der Waals surface area contributed by atoms with Crippen molar-refractivity contribution in [3.8, 4) is 0 Å². The highest BCUT2D eigenvalue weighted by Gasteiger charge is 2.26. The SMILES string of the molecule is CC1(NCc2ccc(C(F)F)cc2)CCCOC1. The largest absolute Gasteiger partial charge is 0.380 e. The molecule has 1 heterocycles. The van der Waals surface area contributed by atoms with Crippen LogP contribution in [0.15, 0.2) is 24.3 Å². The Labute approximate surface area is 106 Å². The molecule has 1 aliphatic rings. The third-order valence-corrected chi connectivity index (χ3v) is 3.39. The van der Waals surface area contributed by atoms with Crippen molar-refractivity contribution >= 4 is 0 Å². The minimum atomic E-state index is -2.39. The molecule has 0 saturated carbocycles. The van der Waals surface area contributed by atoms with E-state index >= 15 is 0 Å². The Morgan fingerprint density at radius 3 is 2.61 bits per heavy atom. The van der Waals surface area contributed by atoms with Gasteiger partial charge in [-0.05, 0) is 25.3 Å². The summed E-state index contributed by atoms with van der Waals surface area (Å²) in [5.74, 6) is 0. The van der Waals surface area contributed by atoms with Crippen molar-refractivity contribution in [2.24, 2.45) is 0 Å². The molecule has 1 fully saturated rings. The molecule has 18 heavy (non-hydrogen) atoms. The van der Waals surface area contributed by atoms with Crippen molar-refractivity contribution in [2.45, 2.75) is 38.3 Å². The van der Waals surface area contributed by atoms with E-state index in [1.165, 1.54) is 12.1 Å². The van der Waals surface area contributed by atoms with Crippen LogP contribution in [0.3, 0.4) is 0 Å². The summed E-state index contributed by atoms with van der Waals surface area (Å²) in [6.45, 7) is 4.37. The molecule has 0 aliphatic carbocycles. The molecule has 2 nitrogen and oxygen atoms in total. The van der Waals surface area contributed by atoms with Gasteiger partial charge in [-0.15, -0.1) is 0 Å². The molecule has 0 aromatic heterocycles. The van der Waals surface area contributed by atoms with E-state index in [9.17, 15) is 8.78 Å². The Bertz CT molecular complexity index is 372. The predicted octanol–water partition coefficient (Wildman–Crippen LogP) is 3.28. The molecule has 1 aromatic carbocycles. The van der Waals surface area contributed by atoms with Crippen molar-refractivity contribution in [1.29, 1.82) is 0 Å². The zero-order valence-electron chi connectivity index (χ0n) is 10.6. The molecule has 1 unspecified atom stereocenters. The second kappa shape index (κ2) is 5.76. The monoisotopic (exact) mass is 255 g/mol. The van der Waals surface area contributed by atoms with Gasteiger partial charge in [-0.1, -0.05) is 24.3 Å². The summed E-state index contributed by atoms with van der Waals surface area (Å²) in [6.07, 6.45) is -0.244. The number of hydrogen-bond acceptors (Lipinski definition) is 2. The van der Waals surface area contributed by atoms with E-state index < -0.39 is 6.43 Å². The minimum absolute atomic E-state index is 0.000361.